The highest BCUT2D eigenvalue weighted by Crippen LogP contribution is 2.47. The number of phosphoric acid groups is 1. The molecule has 0 aliphatic heterocycles. The summed E-state index contributed by atoms with van der Waals surface area (Å²) in [5, 5.41) is 50.1. The Morgan fingerprint density at radius 3 is 1.49 bits per heavy atom. The minimum absolute atomic E-state index is 0.0266. The fourth-order valence-corrected chi connectivity index (χ4v) is 7.62. The molecule has 0 radical (unpaired) electrons. The topological polar surface area (TPSA) is 210 Å². The summed E-state index contributed by atoms with van der Waals surface area (Å²) in [7, 11) is -5.14. The van der Waals surface area contributed by atoms with Gasteiger partial charge in [-0.25, -0.2) is 4.57 Å². The van der Waals surface area contributed by atoms with Crippen LogP contribution < -0.4 is 0 Å². The maximum Gasteiger partial charge on any atom is 0.472 e. The van der Waals surface area contributed by atoms with Crippen LogP contribution in [0.15, 0.2) is 60.8 Å². The average Bonchev–Trinajstić information content (AvgIpc) is 3.24. The van der Waals surface area contributed by atoms with Gasteiger partial charge in [0.15, 0.2) is 6.10 Å². The van der Waals surface area contributed by atoms with Gasteiger partial charge in [0, 0.05) is 12.8 Å². The molecule has 14 heteroatoms. The number of hydrogen-bond donors (Lipinski definition) is 6. The normalized spacial score (nSPS) is 22.6. The monoisotopic (exact) mass is 885 g/mol. The molecule has 1 aliphatic carbocycles. The molecule has 0 saturated heterocycles. The Morgan fingerprint density at radius 1 is 0.525 bits per heavy atom. The molecule has 61 heavy (non-hydrogen) atoms. The Morgan fingerprint density at radius 2 is 0.967 bits per heavy atom. The van der Waals surface area contributed by atoms with Crippen molar-refractivity contribution in [1.82, 2.24) is 0 Å². The summed E-state index contributed by atoms with van der Waals surface area (Å²) >= 11 is 0. The molecule has 13 nitrogen and oxygen atoms in total. The van der Waals surface area contributed by atoms with Crippen molar-refractivity contribution in [2.24, 2.45) is 0 Å². The predicted molar refractivity (Wildman–Crippen MR) is 239 cm³/mol. The third-order valence-corrected chi connectivity index (χ3v) is 11.3. The number of carbonyl (C=O) groups is 2. The number of ether oxygens (including phenoxy) is 2. The predicted octanol–water partition coefficient (Wildman–Crippen LogP) is 8.94. The number of carbonyl (C=O) groups excluding carboxylic acids is 2. The van der Waals surface area contributed by atoms with Gasteiger partial charge in [0.2, 0.25) is 0 Å². The molecule has 1 aliphatic rings. The first-order valence-electron chi connectivity index (χ1n) is 23.1. The van der Waals surface area contributed by atoms with Crippen LogP contribution in [0.2, 0.25) is 0 Å². The number of aliphatic hydroxyl groups excluding tert-OH is 5. The largest absolute Gasteiger partial charge is 0.472 e. The van der Waals surface area contributed by atoms with Gasteiger partial charge in [0.1, 0.15) is 43.2 Å². The fourth-order valence-electron chi connectivity index (χ4n) is 6.65. The molecule has 0 aromatic carbocycles. The molecule has 1 rings (SSSR count). The van der Waals surface area contributed by atoms with Crippen LogP contribution in [0.3, 0.4) is 0 Å². The maximum absolute atomic E-state index is 12.8. The molecule has 352 valence electrons. The van der Waals surface area contributed by atoms with E-state index in [-0.39, 0.29) is 12.8 Å². The molecule has 1 fully saturated rings. The highest BCUT2D eigenvalue weighted by Gasteiger charge is 2.51. The van der Waals surface area contributed by atoms with Gasteiger partial charge >= 0.3 is 19.8 Å². The standard InChI is InChI=1S/C47H81O13P/c1-3-5-7-9-11-13-15-17-18-19-20-21-22-24-25-27-29-31-33-35-40(48)57-37-39(38-58-61(55,56)60-47-45(53)43(51)42(50)44(52)46(47)54)59-41(49)36-34-32-30-28-26-23-16-14-12-10-8-6-4-2/h6,8,12,14,17-18,23,26,30,32,39,42-47,50-54H,3-5,7,9-11,13,15-16,19-22,24-25,27-29,31,33-38H2,1-2H3,(H,55,56)/b8-6-,14-12-,18-17-,26-23-,32-30-. The molecular formula is C47H81O13P. The van der Waals surface area contributed by atoms with Crippen molar-refractivity contribution in [3.05, 3.63) is 60.8 Å². The molecule has 6 N–H and O–H groups in total. The Bertz CT molecular complexity index is 1300. The van der Waals surface area contributed by atoms with E-state index in [0.29, 0.717) is 19.3 Å². The zero-order valence-electron chi connectivity index (χ0n) is 37.2. The van der Waals surface area contributed by atoms with Gasteiger partial charge in [0.25, 0.3) is 0 Å². The van der Waals surface area contributed by atoms with Crippen molar-refractivity contribution in [2.75, 3.05) is 13.2 Å². The molecule has 0 amide bonds. The second kappa shape index (κ2) is 37.0. The second-order valence-corrected chi connectivity index (χ2v) is 17.3. The smallest absolute Gasteiger partial charge is 0.462 e. The number of phosphoric ester groups is 1. The number of aliphatic hydroxyl groups is 5. The van der Waals surface area contributed by atoms with E-state index in [4.69, 9.17) is 18.5 Å². The van der Waals surface area contributed by atoms with E-state index in [1.54, 1.807) is 0 Å². The summed E-state index contributed by atoms with van der Waals surface area (Å²) in [6.07, 6.45) is 31.6. The van der Waals surface area contributed by atoms with Crippen LogP contribution >= 0.6 is 7.82 Å². The van der Waals surface area contributed by atoms with Gasteiger partial charge in [-0.1, -0.05) is 152 Å². The zero-order chi connectivity index (χ0) is 45.0. The third kappa shape index (κ3) is 29.5. The molecule has 6 unspecified atom stereocenters. The lowest BCUT2D eigenvalue weighted by molar-refractivity contribution is -0.220. The molecule has 1 saturated carbocycles. The molecule has 0 heterocycles. The van der Waals surface area contributed by atoms with Crippen LogP contribution in [0.1, 0.15) is 168 Å². The lowest BCUT2D eigenvalue weighted by atomic mass is 9.85. The molecule has 0 bridgehead atoms. The van der Waals surface area contributed by atoms with Crippen molar-refractivity contribution in [1.29, 1.82) is 0 Å². The van der Waals surface area contributed by atoms with Crippen molar-refractivity contribution >= 4 is 19.8 Å². The first-order valence-corrected chi connectivity index (χ1v) is 24.6. The zero-order valence-corrected chi connectivity index (χ0v) is 38.1. The second-order valence-electron chi connectivity index (χ2n) is 15.9. The van der Waals surface area contributed by atoms with E-state index in [2.05, 4.69) is 56.4 Å². The Balaban J connectivity index is 2.47. The van der Waals surface area contributed by atoms with Crippen molar-refractivity contribution in [3.8, 4) is 0 Å². The lowest BCUT2D eigenvalue weighted by Gasteiger charge is -2.41. The maximum atomic E-state index is 12.8. The van der Waals surface area contributed by atoms with Gasteiger partial charge in [-0.05, 0) is 64.2 Å². The van der Waals surface area contributed by atoms with E-state index in [0.717, 1.165) is 51.4 Å². The van der Waals surface area contributed by atoms with Gasteiger partial charge in [0.05, 0.1) is 6.61 Å². The third-order valence-electron chi connectivity index (χ3n) is 10.4. The molecular weight excluding hydrogens is 803 g/mol. The highest BCUT2D eigenvalue weighted by atomic mass is 31.2. The molecule has 0 aromatic heterocycles. The van der Waals surface area contributed by atoms with Gasteiger partial charge < -0.3 is 39.9 Å². The number of esters is 2. The highest BCUT2D eigenvalue weighted by molar-refractivity contribution is 7.47. The van der Waals surface area contributed by atoms with Gasteiger partial charge in [-0.15, -0.1) is 0 Å². The van der Waals surface area contributed by atoms with E-state index in [9.17, 15) is 44.6 Å². The van der Waals surface area contributed by atoms with Crippen LogP contribution in [0.4, 0.5) is 0 Å². The van der Waals surface area contributed by atoms with Crippen LogP contribution in [0.5, 0.6) is 0 Å². The quantitative estimate of drug-likeness (QED) is 0.0149. The van der Waals surface area contributed by atoms with E-state index >= 15 is 0 Å². The van der Waals surface area contributed by atoms with E-state index < -0.39 is 75.7 Å². The first kappa shape index (κ1) is 56.6. The van der Waals surface area contributed by atoms with Crippen LogP contribution in [0, 0.1) is 0 Å². The van der Waals surface area contributed by atoms with Gasteiger partial charge in [-0.3, -0.25) is 18.6 Å². The molecule has 0 aromatic rings. The van der Waals surface area contributed by atoms with Crippen LogP contribution in [0.25, 0.3) is 0 Å². The van der Waals surface area contributed by atoms with Crippen molar-refractivity contribution < 1.29 is 63.1 Å². The summed E-state index contributed by atoms with van der Waals surface area (Å²) in [5.41, 5.74) is 0. The summed E-state index contributed by atoms with van der Waals surface area (Å²) in [6.45, 7) is 3.11. The number of rotatable bonds is 37. The average molecular weight is 885 g/mol. The van der Waals surface area contributed by atoms with Crippen molar-refractivity contribution in [3.63, 3.8) is 0 Å². The fraction of sp³-hybridized carbons (Fsp3) is 0.745. The van der Waals surface area contributed by atoms with Crippen molar-refractivity contribution in [2.45, 2.75) is 211 Å². The van der Waals surface area contributed by atoms with Crippen LogP contribution in [-0.4, -0.2) is 98.3 Å². The minimum atomic E-state index is -5.14. The summed E-state index contributed by atoms with van der Waals surface area (Å²) < 4.78 is 33.4. The number of hydrogen-bond acceptors (Lipinski definition) is 12. The Labute approximate surface area is 366 Å². The SMILES string of the molecule is CC/C=C\C/C=C\C/C=C\C/C=C\CCC(=O)OC(COC(=O)CCCCCCCCCCC/C=C\CCCCCCCC)COP(=O)(O)OC1C(O)C(O)C(O)C(O)C1O. The van der Waals surface area contributed by atoms with E-state index in [1.807, 2.05) is 18.2 Å². The summed E-state index contributed by atoms with van der Waals surface area (Å²) in [5.74, 6) is -1.20. The number of allylic oxidation sites excluding steroid dienone is 10. The summed E-state index contributed by atoms with van der Waals surface area (Å²) in [6, 6.07) is 0. The minimum Gasteiger partial charge on any atom is -0.462 e. The lowest BCUT2D eigenvalue weighted by Crippen LogP contribution is -2.64. The number of unbranched alkanes of at least 4 members (excludes halogenated alkanes) is 15. The molecule has 6 atom stereocenters. The van der Waals surface area contributed by atoms with Gasteiger partial charge in [-0.2, -0.15) is 0 Å². The van der Waals surface area contributed by atoms with Crippen LogP contribution in [-0.2, 0) is 32.7 Å². The Kier molecular flexibility index (Phi) is 34.3. The first-order chi connectivity index (χ1) is 29.4. The summed E-state index contributed by atoms with van der Waals surface area (Å²) in [4.78, 5) is 35.6. The Hall–Kier alpha value is -2.45. The molecule has 0 spiro atoms. The van der Waals surface area contributed by atoms with E-state index in [1.165, 1.54) is 70.6 Å².